The Labute approximate surface area is 295 Å². The summed E-state index contributed by atoms with van der Waals surface area (Å²) in [5.41, 5.74) is 11.8. The summed E-state index contributed by atoms with van der Waals surface area (Å²) in [5.74, 6) is -0.0374. The maximum Gasteiger partial charge on any atom is 0.280 e. The number of imidazole rings is 2. The third-order valence-corrected chi connectivity index (χ3v) is 13.3. The number of rotatable bonds is 14. The summed E-state index contributed by atoms with van der Waals surface area (Å²) in [6, 6.07) is 0. The zero-order chi connectivity index (χ0) is 38.7. The number of fused-ring (bicyclic) bond motifs is 2. The number of hydrogen-bond acceptors (Lipinski definition) is 26. The summed E-state index contributed by atoms with van der Waals surface area (Å²) in [6.07, 6.45) is -8.66. The van der Waals surface area contributed by atoms with Gasteiger partial charge in [-0.3, -0.25) is 27.1 Å². The fraction of sp³-hybridized carbons (Fsp3) is 0.500. The summed E-state index contributed by atoms with van der Waals surface area (Å²) in [6.45, 7) is -2.23. The molecule has 0 spiro atoms. The molecule has 0 aliphatic carbocycles. The molecule has 4 aromatic rings. The molecule has 289 valence electrons. The first-order valence-corrected chi connectivity index (χ1v) is 20.3. The van der Waals surface area contributed by atoms with Gasteiger partial charge in [-0.2, -0.15) is 0 Å². The first kappa shape index (κ1) is 39.8. The number of anilines is 2. The smallest absolute Gasteiger partial charge is 0.280 e. The molecule has 12 atom stereocenters. The average Bonchev–Trinajstić information content (AvgIpc) is 3.80. The van der Waals surface area contributed by atoms with Gasteiger partial charge in [0.1, 0.15) is 60.3 Å². The van der Waals surface area contributed by atoms with E-state index in [4.69, 9.17) is 28.5 Å². The van der Waals surface area contributed by atoms with Crippen molar-refractivity contribution in [1.82, 2.24) is 39.0 Å². The SMILES string of the molecule is [B-]P(=O)(OC[C@H]1O[C@@H](n2cnc3c(N)ncnc32)[C@H](O)[C@@H]1O)OP(=O)([O-])OP(=O)([O-])OP(=O)([O-])OC[C@H]1O[C@@H](n2cnc3c(N)ncnc32)[C@H](O)[C@@H]1O. The van der Waals surface area contributed by atoms with Crippen LogP contribution in [0.5, 0.6) is 0 Å². The van der Waals surface area contributed by atoms with Crippen LogP contribution in [0.3, 0.4) is 0 Å². The molecule has 6 heterocycles. The van der Waals surface area contributed by atoms with Crippen LogP contribution in [0.15, 0.2) is 25.3 Å². The van der Waals surface area contributed by atoms with E-state index in [1.54, 1.807) is 0 Å². The Bertz CT molecular complexity index is 2050. The second-order valence-corrected chi connectivity index (χ2v) is 17.2. The molecule has 4 aromatic heterocycles. The monoisotopic (exact) mass is 827 g/mol. The van der Waals surface area contributed by atoms with Gasteiger partial charge in [-0.1, -0.05) is 0 Å². The first-order valence-electron chi connectivity index (χ1n) is 14.3. The molecule has 0 amide bonds. The number of aliphatic hydroxyl groups excluding tert-OH is 4. The zero-order valence-corrected chi connectivity index (χ0v) is 29.5. The molecule has 28 nitrogen and oxygen atoms in total. The predicted molar refractivity (Wildman–Crippen MR) is 163 cm³/mol. The van der Waals surface area contributed by atoms with E-state index in [9.17, 15) is 53.4 Å². The number of aliphatic hydroxyl groups is 4. The van der Waals surface area contributed by atoms with E-state index >= 15 is 0 Å². The molecule has 0 bridgehead atoms. The molecule has 0 saturated carbocycles. The van der Waals surface area contributed by atoms with Gasteiger partial charge in [0.25, 0.3) is 23.5 Å². The Morgan fingerprint density at radius 2 is 1.08 bits per heavy atom. The lowest BCUT2D eigenvalue weighted by molar-refractivity contribution is -0.249. The van der Waals surface area contributed by atoms with Gasteiger partial charge in [0.2, 0.25) is 0 Å². The summed E-state index contributed by atoms with van der Waals surface area (Å²) < 4.78 is 82.8. The number of hydrogen-bond donors (Lipinski definition) is 6. The highest BCUT2D eigenvalue weighted by Gasteiger charge is 2.46. The molecule has 33 heteroatoms. The quantitative estimate of drug-likeness (QED) is 0.0519. The van der Waals surface area contributed by atoms with E-state index in [0.29, 0.717) is 0 Å². The molecule has 2 saturated heterocycles. The maximum atomic E-state index is 12.6. The van der Waals surface area contributed by atoms with Crippen molar-refractivity contribution in [3.05, 3.63) is 25.3 Å². The Kier molecular flexibility index (Phi) is 11.0. The summed E-state index contributed by atoms with van der Waals surface area (Å²) >= 11 is 0. The number of ether oxygens (including phenoxy) is 2. The largest absolute Gasteiger partial charge is 0.756 e. The molecule has 6 rings (SSSR count). The summed E-state index contributed by atoms with van der Waals surface area (Å²) in [4.78, 5) is 60.1. The van der Waals surface area contributed by atoms with Crippen molar-refractivity contribution in [1.29, 1.82) is 0 Å². The molecule has 8 N–H and O–H groups in total. The average molecular weight is 827 g/mol. The van der Waals surface area contributed by atoms with Gasteiger partial charge in [0, 0.05) is 0 Å². The molecule has 53 heavy (non-hydrogen) atoms. The van der Waals surface area contributed by atoms with Crippen LogP contribution in [0.1, 0.15) is 12.5 Å². The number of nitrogen functional groups attached to an aromatic ring is 2. The number of phosphoric ester groups is 1. The molecule has 3 radical (unpaired) electrons. The fourth-order valence-electron chi connectivity index (χ4n) is 5.11. The van der Waals surface area contributed by atoms with Crippen LogP contribution in [-0.4, -0.2) is 117 Å². The highest BCUT2D eigenvalue weighted by atomic mass is 31.3. The Morgan fingerprint density at radius 1 is 0.660 bits per heavy atom. The molecular formula is C20H24BN10O18P4-4. The Hall–Kier alpha value is -2.88. The topological polar surface area (TPSA) is 422 Å². The molecular weight excluding hydrogens is 803 g/mol. The van der Waals surface area contributed by atoms with Gasteiger partial charge in [0.05, 0.1) is 33.3 Å². The second-order valence-electron chi connectivity index (χ2n) is 11.0. The fourth-order valence-corrected chi connectivity index (χ4v) is 10.0. The van der Waals surface area contributed by atoms with Crippen LogP contribution in [0.2, 0.25) is 0 Å². The molecule has 0 aromatic carbocycles. The van der Waals surface area contributed by atoms with E-state index < -0.39 is 93.2 Å². The second kappa shape index (κ2) is 14.7. The van der Waals surface area contributed by atoms with E-state index in [-0.39, 0.29) is 34.0 Å². The minimum Gasteiger partial charge on any atom is -0.756 e. The van der Waals surface area contributed by atoms with Gasteiger partial charge >= 0.3 is 0 Å². The van der Waals surface area contributed by atoms with Crippen molar-refractivity contribution in [3.8, 4) is 0 Å². The maximum absolute atomic E-state index is 12.6. The molecule has 2 aliphatic rings. The highest BCUT2D eigenvalue weighted by molar-refractivity contribution is 7.84. The third kappa shape index (κ3) is 8.52. The first-order chi connectivity index (χ1) is 24.7. The van der Waals surface area contributed by atoms with Crippen LogP contribution >= 0.6 is 30.9 Å². The molecule has 2 aliphatic heterocycles. The standard InChI is InChI=1S/C20H27BN10O18P4/c21-50(36,43-1-7-11(32)13(34)19(45-7)30-5-28-9-15(22)24-3-26-17(9)30)47-52(39,40)49-53(41,42)48-51(37,38)44-2-8-12(33)14(35)20(46-8)31-6-29-10-16(23)25-4-27-18(10)31/h3-8,11-14,19-20,32-35H,1-2H2,(H,37,38)(H,39,40)(H,41,42)(H2,22,24,26)(H2,23,25,27)/q-1/p-3/t7-,8-,11-,12-,13-,14-,19-,20-,50?/m1/s1. The number of nitrogens with zero attached hydrogens (tertiary/aromatic N) is 8. The summed E-state index contributed by atoms with van der Waals surface area (Å²) in [5, 5.41) is 41.8. The van der Waals surface area contributed by atoms with Gasteiger partial charge in [0.15, 0.2) is 35.4 Å². The van der Waals surface area contributed by atoms with E-state index in [1.807, 2.05) is 0 Å². The van der Waals surface area contributed by atoms with Crippen molar-refractivity contribution in [2.45, 2.75) is 49.1 Å². The van der Waals surface area contributed by atoms with Crippen LogP contribution in [0.4, 0.5) is 11.6 Å². The third-order valence-electron chi connectivity index (χ3n) is 7.43. The van der Waals surface area contributed by atoms with E-state index in [2.05, 4.69) is 51.9 Å². The normalized spacial score (nSPS) is 30.9. The predicted octanol–water partition coefficient (Wildman–Crippen LogP) is -4.17. The van der Waals surface area contributed by atoms with Crippen molar-refractivity contribution in [2.24, 2.45) is 0 Å². The number of aromatic nitrogens is 8. The van der Waals surface area contributed by atoms with Gasteiger partial charge in [-0.25, -0.2) is 38.5 Å². The van der Waals surface area contributed by atoms with E-state index in [1.165, 1.54) is 4.57 Å². The molecule has 4 unspecified atom stereocenters. The van der Waals surface area contributed by atoms with Crippen molar-refractivity contribution in [2.75, 3.05) is 24.7 Å². The van der Waals surface area contributed by atoms with Crippen molar-refractivity contribution in [3.63, 3.8) is 0 Å². The lowest BCUT2D eigenvalue weighted by Crippen LogP contribution is -2.34. The van der Waals surface area contributed by atoms with Crippen LogP contribution < -0.4 is 26.1 Å². The van der Waals surface area contributed by atoms with Gasteiger partial charge in [-0.15, -0.1) is 0 Å². The van der Waals surface area contributed by atoms with Crippen LogP contribution in [0, 0.1) is 0 Å². The van der Waals surface area contributed by atoms with Crippen molar-refractivity contribution >= 4 is 72.5 Å². The zero-order valence-electron chi connectivity index (χ0n) is 25.9. The number of nitrogens with two attached hydrogens (primary N) is 2. The Balaban J connectivity index is 1.01. The van der Waals surface area contributed by atoms with Gasteiger partial charge < -0.3 is 77.2 Å². The lowest BCUT2D eigenvalue weighted by atomic mass is 10.1. The van der Waals surface area contributed by atoms with Gasteiger partial charge in [-0.05, 0) is 0 Å². The molecule has 2 fully saturated rings. The summed E-state index contributed by atoms with van der Waals surface area (Å²) in [7, 11) is -19.2. The Morgan fingerprint density at radius 3 is 1.55 bits per heavy atom. The minimum atomic E-state index is -6.51. The number of phosphoric acid groups is 3. The van der Waals surface area contributed by atoms with Crippen molar-refractivity contribution < 1.29 is 84.8 Å². The van der Waals surface area contributed by atoms with Crippen LogP contribution in [-0.2, 0) is 49.7 Å². The minimum absolute atomic E-state index is 0.0115. The van der Waals surface area contributed by atoms with Crippen LogP contribution in [0.25, 0.3) is 22.3 Å². The lowest BCUT2D eigenvalue weighted by Gasteiger charge is -2.38. The highest BCUT2D eigenvalue weighted by Crippen LogP contribution is 2.67. The van der Waals surface area contributed by atoms with E-state index in [0.717, 1.165) is 29.9 Å².